The largest absolute Gasteiger partial charge is 0.496 e. The van der Waals surface area contributed by atoms with Crippen LogP contribution in [0.25, 0.3) is 22.0 Å². The summed E-state index contributed by atoms with van der Waals surface area (Å²) in [7, 11) is 10.9. The van der Waals surface area contributed by atoms with E-state index in [1.807, 2.05) is 13.0 Å². The lowest BCUT2D eigenvalue weighted by molar-refractivity contribution is -0.143. The minimum Gasteiger partial charge on any atom is -0.496 e. The number of nitrogens with zero attached hydrogens (tertiary/aromatic N) is 3. The molecule has 31 heavy (non-hydrogen) atoms. The average Bonchev–Trinajstić information content (AvgIpc) is 3.28. The first-order valence-electron chi connectivity index (χ1n) is 9.36. The number of fused-ring (bicyclic) bond motifs is 1. The molecule has 0 amide bonds. The molecule has 0 unspecified atom stereocenters. The zero-order chi connectivity index (χ0) is 22.2. The van der Waals surface area contributed by atoms with Crippen LogP contribution in [0.2, 0.25) is 0 Å². The summed E-state index contributed by atoms with van der Waals surface area (Å²) in [6, 6.07) is 11.6. The van der Waals surface area contributed by atoms with Gasteiger partial charge in [-0.1, -0.05) is 18.2 Å². The van der Waals surface area contributed by atoms with Gasteiger partial charge in [-0.3, -0.25) is 14.5 Å². The van der Waals surface area contributed by atoms with Gasteiger partial charge in [-0.05, 0) is 42.3 Å². The van der Waals surface area contributed by atoms with E-state index in [1.54, 1.807) is 42.7 Å². The minimum absolute atomic E-state index is 0.167. The van der Waals surface area contributed by atoms with Gasteiger partial charge in [-0.25, -0.2) is 9.78 Å². The molecule has 2 heterocycles. The number of carboxylic acids is 1. The fraction of sp³-hybridized carbons (Fsp3) is 0.143. The van der Waals surface area contributed by atoms with E-state index in [4.69, 9.17) is 25.5 Å². The normalized spacial score (nSPS) is 12.5. The lowest BCUT2D eigenvalue weighted by Gasteiger charge is -2.24. The van der Waals surface area contributed by atoms with Gasteiger partial charge in [0, 0.05) is 11.8 Å². The average molecular weight is 410 g/mol. The minimum atomic E-state index is -2.37. The van der Waals surface area contributed by atoms with Crippen LogP contribution < -0.4 is 10.3 Å². The van der Waals surface area contributed by atoms with Crippen molar-refractivity contribution in [1.29, 1.82) is 0 Å². The summed E-state index contributed by atoms with van der Waals surface area (Å²) in [5.74, 6) is -1.34. The van der Waals surface area contributed by atoms with Crippen LogP contribution in [0.15, 0.2) is 66.0 Å². The van der Waals surface area contributed by atoms with Crippen LogP contribution in [0.3, 0.4) is 0 Å². The predicted octanol–water partition coefficient (Wildman–Crippen LogP) is 1.85. The van der Waals surface area contributed by atoms with Gasteiger partial charge < -0.3 is 9.84 Å². The first kappa shape index (κ1) is 20.5. The molecule has 4 aromatic rings. The number of hydrogen-bond acceptors (Lipinski definition) is 5. The van der Waals surface area contributed by atoms with Crippen LogP contribution in [-0.4, -0.2) is 51.9 Å². The van der Waals surface area contributed by atoms with E-state index >= 15 is 0 Å². The number of nitrogens with one attached hydrogen (secondary N) is 1. The summed E-state index contributed by atoms with van der Waals surface area (Å²) >= 11 is 0. The second-order valence-electron chi connectivity index (χ2n) is 7.12. The van der Waals surface area contributed by atoms with Crippen molar-refractivity contribution in [3.63, 3.8) is 0 Å². The van der Waals surface area contributed by atoms with E-state index in [9.17, 15) is 9.59 Å². The summed E-state index contributed by atoms with van der Waals surface area (Å²) in [4.78, 5) is 28.7. The lowest BCUT2D eigenvalue weighted by atomic mass is 9.65. The summed E-state index contributed by atoms with van der Waals surface area (Å²) in [6.45, 7) is 1.82. The number of rotatable bonds is 6. The van der Waals surface area contributed by atoms with Gasteiger partial charge in [-0.2, -0.15) is 5.10 Å². The van der Waals surface area contributed by atoms with Crippen LogP contribution in [0.5, 0.6) is 5.75 Å². The molecule has 0 saturated heterocycles. The smallest absolute Gasteiger partial charge is 0.327 e. The van der Waals surface area contributed by atoms with Gasteiger partial charge in [0.25, 0.3) is 5.56 Å². The van der Waals surface area contributed by atoms with Crippen LogP contribution >= 0.6 is 0 Å². The zero-order valence-electron chi connectivity index (χ0n) is 16.5. The number of aromatic nitrogens is 4. The highest BCUT2D eigenvalue weighted by Gasteiger charge is 2.28. The molecule has 10 heteroatoms. The lowest BCUT2D eigenvalue weighted by Crippen LogP contribution is -2.45. The fourth-order valence-corrected chi connectivity index (χ4v) is 3.24. The van der Waals surface area contributed by atoms with E-state index in [0.29, 0.717) is 16.5 Å². The molecule has 150 valence electrons. The van der Waals surface area contributed by atoms with Gasteiger partial charge in [-0.15, -0.1) is 0 Å². The molecule has 0 aliphatic rings. The maximum absolute atomic E-state index is 13.2. The highest BCUT2D eigenvalue weighted by molar-refractivity contribution is 6.49. The monoisotopic (exact) mass is 410 g/mol. The summed E-state index contributed by atoms with van der Waals surface area (Å²) < 4.78 is 6.69. The standard InChI is InChI=1S/C21H16B2N4O4/c1-12(13-3-2-4-16(7-13)31-21(22,23)20(29)30)27-11-24-18-6-5-14(8-17(18)19(27)28)15-9-25-26-10-15/h2-12H,1H3,(H,25,26)(H,29,30)/t12-/m1/s1. The summed E-state index contributed by atoms with van der Waals surface area (Å²) in [5, 5.41) is 13.8. The molecule has 4 rings (SSSR count). The molecule has 0 aliphatic heterocycles. The van der Waals surface area contributed by atoms with E-state index in [-0.39, 0.29) is 11.3 Å². The Balaban J connectivity index is 1.72. The zero-order valence-corrected chi connectivity index (χ0v) is 16.5. The molecule has 0 bridgehead atoms. The molecule has 0 aliphatic carbocycles. The maximum Gasteiger partial charge on any atom is 0.327 e. The Bertz CT molecular complexity index is 1320. The van der Waals surface area contributed by atoms with Gasteiger partial charge in [0.15, 0.2) is 0 Å². The molecule has 0 spiro atoms. The Hall–Kier alpha value is -3.81. The third kappa shape index (κ3) is 3.96. The third-order valence-electron chi connectivity index (χ3n) is 4.99. The Labute approximate surface area is 179 Å². The Morgan fingerprint density at radius 1 is 1.23 bits per heavy atom. The second kappa shape index (κ2) is 7.79. The van der Waals surface area contributed by atoms with Crippen molar-refractivity contribution in [3.8, 4) is 16.9 Å². The molecule has 8 nitrogen and oxygen atoms in total. The Kier molecular flexibility index (Phi) is 5.14. The fourth-order valence-electron chi connectivity index (χ4n) is 3.24. The van der Waals surface area contributed by atoms with Crippen LogP contribution in [-0.2, 0) is 4.79 Å². The quantitative estimate of drug-likeness (QED) is 0.470. The van der Waals surface area contributed by atoms with Gasteiger partial charge >= 0.3 is 5.97 Å². The van der Waals surface area contributed by atoms with E-state index in [2.05, 4.69) is 15.2 Å². The van der Waals surface area contributed by atoms with Crippen molar-refractivity contribution in [2.45, 2.75) is 18.4 Å². The predicted molar refractivity (Wildman–Crippen MR) is 116 cm³/mol. The van der Waals surface area contributed by atoms with Crippen molar-refractivity contribution in [2.75, 3.05) is 0 Å². The SMILES string of the molecule is [B]C([B])(Oc1cccc([C@@H](C)n2cnc3ccc(-c4cn[nH]c4)cc3c2=O)c1)C(=O)O. The summed E-state index contributed by atoms with van der Waals surface area (Å²) in [5.41, 5.74) is 2.76. The molecule has 4 radical (unpaired) electrons. The number of aliphatic carboxylic acids is 1. The number of carbonyl (C=O) groups is 1. The Morgan fingerprint density at radius 2 is 2.03 bits per heavy atom. The van der Waals surface area contributed by atoms with E-state index in [0.717, 1.165) is 11.1 Å². The molecule has 1 atom stereocenters. The molecule has 2 aromatic carbocycles. The van der Waals surface area contributed by atoms with Crippen molar-refractivity contribution < 1.29 is 14.6 Å². The van der Waals surface area contributed by atoms with Gasteiger partial charge in [0.2, 0.25) is 0 Å². The molecule has 0 fully saturated rings. The molecular formula is C21H16B2N4O4. The topological polar surface area (TPSA) is 110 Å². The van der Waals surface area contributed by atoms with Crippen molar-refractivity contribution in [3.05, 3.63) is 77.1 Å². The van der Waals surface area contributed by atoms with Crippen LogP contribution in [0, 0.1) is 0 Å². The van der Waals surface area contributed by atoms with Gasteiger partial charge in [0.1, 0.15) is 26.8 Å². The maximum atomic E-state index is 13.2. The third-order valence-corrected chi connectivity index (χ3v) is 4.99. The van der Waals surface area contributed by atoms with Gasteiger partial charge in [0.05, 0.1) is 29.5 Å². The number of hydrogen-bond donors (Lipinski definition) is 2. The highest BCUT2D eigenvalue weighted by atomic mass is 16.5. The number of ether oxygens (including phenoxy) is 1. The number of carboxylic acid groups (broad SMARTS) is 1. The van der Waals surface area contributed by atoms with Crippen LogP contribution in [0.4, 0.5) is 0 Å². The van der Waals surface area contributed by atoms with Crippen molar-refractivity contribution in [1.82, 2.24) is 19.7 Å². The summed E-state index contributed by atoms with van der Waals surface area (Å²) in [6.07, 6.45) is 4.90. The molecular weight excluding hydrogens is 394 g/mol. The molecule has 0 saturated carbocycles. The number of aromatic amines is 1. The number of benzene rings is 2. The van der Waals surface area contributed by atoms with E-state index in [1.165, 1.54) is 17.0 Å². The molecule has 2 aromatic heterocycles. The second-order valence-corrected chi connectivity index (χ2v) is 7.12. The van der Waals surface area contributed by atoms with E-state index < -0.39 is 17.4 Å². The van der Waals surface area contributed by atoms with Crippen molar-refractivity contribution in [2.24, 2.45) is 0 Å². The first-order chi connectivity index (χ1) is 14.8. The Morgan fingerprint density at radius 3 is 2.74 bits per heavy atom. The molecule has 2 N–H and O–H groups in total. The highest BCUT2D eigenvalue weighted by Crippen LogP contribution is 2.25. The van der Waals surface area contributed by atoms with Crippen molar-refractivity contribution >= 4 is 32.6 Å². The first-order valence-corrected chi connectivity index (χ1v) is 9.36. The number of H-pyrrole nitrogens is 1. The van der Waals surface area contributed by atoms with Crippen LogP contribution in [0.1, 0.15) is 18.5 Å².